The summed E-state index contributed by atoms with van der Waals surface area (Å²) in [5, 5.41) is 4.05. The molecule has 1 aromatic heterocycles. The van der Waals surface area contributed by atoms with Crippen LogP contribution in [0.5, 0.6) is 5.75 Å². The van der Waals surface area contributed by atoms with Crippen LogP contribution in [0.3, 0.4) is 0 Å². The molecule has 0 bridgehead atoms. The van der Waals surface area contributed by atoms with Gasteiger partial charge < -0.3 is 15.0 Å². The zero-order chi connectivity index (χ0) is 16.9. The second kappa shape index (κ2) is 7.41. The van der Waals surface area contributed by atoms with E-state index in [2.05, 4.69) is 16.4 Å². The average molecular weight is 343 g/mol. The highest BCUT2D eigenvalue weighted by molar-refractivity contribution is 6.27. The van der Waals surface area contributed by atoms with E-state index in [4.69, 9.17) is 16.3 Å². The van der Waals surface area contributed by atoms with E-state index >= 15 is 0 Å². The molecule has 24 heavy (non-hydrogen) atoms. The lowest BCUT2D eigenvalue weighted by atomic mass is 9.91. The molecule has 0 aliphatic rings. The fourth-order valence-corrected chi connectivity index (χ4v) is 2.98. The number of benzene rings is 2. The number of fused-ring (bicyclic) bond motifs is 1. The zero-order valence-electron chi connectivity index (χ0n) is 13.4. The van der Waals surface area contributed by atoms with Crippen molar-refractivity contribution in [1.29, 1.82) is 0 Å². The van der Waals surface area contributed by atoms with E-state index in [1.165, 1.54) is 0 Å². The molecule has 4 nitrogen and oxygen atoms in total. The Morgan fingerprint density at radius 2 is 1.96 bits per heavy atom. The third-order valence-electron chi connectivity index (χ3n) is 4.14. The van der Waals surface area contributed by atoms with Crippen LogP contribution in [0.1, 0.15) is 17.0 Å². The van der Waals surface area contributed by atoms with Gasteiger partial charge in [0.1, 0.15) is 11.6 Å². The van der Waals surface area contributed by atoms with Gasteiger partial charge in [-0.3, -0.25) is 4.79 Å². The lowest BCUT2D eigenvalue weighted by Gasteiger charge is -2.18. The third kappa shape index (κ3) is 3.39. The summed E-state index contributed by atoms with van der Waals surface area (Å²) in [4.78, 5) is 14.9. The predicted octanol–water partition coefficient (Wildman–Crippen LogP) is 3.66. The van der Waals surface area contributed by atoms with Crippen molar-refractivity contribution < 1.29 is 9.53 Å². The van der Waals surface area contributed by atoms with Crippen molar-refractivity contribution in [3.63, 3.8) is 0 Å². The summed E-state index contributed by atoms with van der Waals surface area (Å²) in [6.45, 7) is 0.486. The van der Waals surface area contributed by atoms with E-state index in [0.717, 1.165) is 27.8 Å². The third-order valence-corrected chi connectivity index (χ3v) is 4.38. The Balaban J connectivity index is 1.98. The molecule has 0 radical (unpaired) electrons. The van der Waals surface area contributed by atoms with Gasteiger partial charge >= 0.3 is 0 Å². The maximum Gasteiger partial charge on any atom is 0.234 e. The maximum absolute atomic E-state index is 11.6. The second-order valence-corrected chi connectivity index (χ2v) is 5.82. The monoisotopic (exact) mass is 342 g/mol. The second-order valence-electron chi connectivity index (χ2n) is 5.55. The quantitative estimate of drug-likeness (QED) is 0.672. The van der Waals surface area contributed by atoms with Crippen LogP contribution in [0.4, 0.5) is 0 Å². The van der Waals surface area contributed by atoms with E-state index in [-0.39, 0.29) is 17.7 Å². The lowest BCUT2D eigenvalue weighted by Crippen LogP contribution is -2.29. The fraction of sp³-hybridized carbons (Fsp3) is 0.211. The maximum atomic E-state index is 11.6. The highest BCUT2D eigenvalue weighted by atomic mass is 35.5. The minimum absolute atomic E-state index is 0.0271. The summed E-state index contributed by atoms with van der Waals surface area (Å²) in [6, 6.07) is 16.1. The molecule has 1 atom stereocenters. The van der Waals surface area contributed by atoms with Crippen LogP contribution >= 0.6 is 11.6 Å². The Morgan fingerprint density at radius 3 is 2.67 bits per heavy atom. The molecule has 3 rings (SSSR count). The van der Waals surface area contributed by atoms with Crippen LogP contribution in [0.2, 0.25) is 0 Å². The van der Waals surface area contributed by atoms with Crippen LogP contribution < -0.4 is 10.1 Å². The molecular weight excluding hydrogens is 324 g/mol. The van der Waals surface area contributed by atoms with Crippen molar-refractivity contribution in [2.24, 2.45) is 0 Å². The summed E-state index contributed by atoms with van der Waals surface area (Å²) in [5.41, 5.74) is 3.33. The van der Waals surface area contributed by atoms with Gasteiger partial charge in [-0.15, -0.1) is 11.6 Å². The molecule has 0 fully saturated rings. The number of carbonyl (C=O) groups is 1. The van der Waals surface area contributed by atoms with Crippen LogP contribution in [0, 0.1) is 0 Å². The molecule has 124 valence electrons. The number of rotatable bonds is 6. The predicted molar refractivity (Wildman–Crippen MR) is 96.9 cm³/mol. The molecule has 3 aromatic rings. The number of H-pyrrole nitrogens is 1. The molecule has 5 heteroatoms. The van der Waals surface area contributed by atoms with Gasteiger partial charge in [0.25, 0.3) is 0 Å². The number of nitrogens with one attached hydrogen (secondary N) is 2. The molecule has 2 aromatic carbocycles. The number of carbonyl (C=O) groups excluding carboxylic acids is 1. The summed E-state index contributed by atoms with van der Waals surface area (Å²) >= 11 is 5.61. The van der Waals surface area contributed by atoms with E-state index in [0.29, 0.717) is 6.54 Å². The average Bonchev–Trinajstić information content (AvgIpc) is 3.06. The van der Waals surface area contributed by atoms with Crippen molar-refractivity contribution in [2.45, 2.75) is 5.92 Å². The van der Waals surface area contributed by atoms with Crippen LogP contribution in [-0.2, 0) is 4.79 Å². The van der Waals surface area contributed by atoms with Gasteiger partial charge in [-0.05, 0) is 29.3 Å². The smallest absolute Gasteiger partial charge is 0.234 e. The van der Waals surface area contributed by atoms with Crippen molar-refractivity contribution >= 4 is 28.4 Å². The van der Waals surface area contributed by atoms with Gasteiger partial charge in [-0.1, -0.05) is 30.3 Å². The molecule has 0 saturated heterocycles. The van der Waals surface area contributed by atoms with E-state index < -0.39 is 0 Å². The topological polar surface area (TPSA) is 54.1 Å². The first-order valence-electron chi connectivity index (χ1n) is 7.75. The van der Waals surface area contributed by atoms with Crippen LogP contribution in [0.15, 0.2) is 54.7 Å². The van der Waals surface area contributed by atoms with Gasteiger partial charge in [-0.2, -0.15) is 0 Å². The zero-order valence-corrected chi connectivity index (χ0v) is 14.1. The Morgan fingerprint density at radius 1 is 1.21 bits per heavy atom. The fourth-order valence-electron chi connectivity index (χ4n) is 2.89. The van der Waals surface area contributed by atoms with Gasteiger partial charge in [0.05, 0.1) is 7.11 Å². The SMILES string of the molecule is COc1ccc(C(CNC(=O)CCl)c2c[nH]c3ccccc23)cc1. The Bertz CT molecular complexity index is 827. The number of amides is 1. The van der Waals surface area contributed by atoms with Crippen molar-refractivity contribution in [3.05, 3.63) is 65.9 Å². The Kier molecular flexibility index (Phi) is 5.06. The molecule has 0 spiro atoms. The summed E-state index contributed by atoms with van der Waals surface area (Å²) in [5.74, 6) is 0.624. The molecule has 2 N–H and O–H groups in total. The normalized spacial score (nSPS) is 12.1. The highest BCUT2D eigenvalue weighted by Crippen LogP contribution is 2.31. The van der Waals surface area contributed by atoms with Gasteiger partial charge in [0.2, 0.25) is 5.91 Å². The van der Waals surface area contributed by atoms with E-state index in [9.17, 15) is 4.79 Å². The Labute approximate surface area is 145 Å². The van der Waals surface area contributed by atoms with Crippen molar-refractivity contribution in [2.75, 3.05) is 19.5 Å². The van der Waals surface area contributed by atoms with Crippen LogP contribution in [-0.4, -0.2) is 30.4 Å². The molecule has 0 saturated carbocycles. The minimum atomic E-state index is -0.171. The number of ether oxygens (including phenoxy) is 1. The van der Waals surface area contributed by atoms with Crippen molar-refractivity contribution in [3.8, 4) is 5.75 Å². The number of methoxy groups -OCH3 is 1. The number of alkyl halides is 1. The first kappa shape index (κ1) is 16.4. The number of hydrogen-bond acceptors (Lipinski definition) is 2. The summed E-state index contributed by atoms with van der Waals surface area (Å²) in [6.07, 6.45) is 2.01. The summed E-state index contributed by atoms with van der Waals surface area (Å²) in [7, 11) is 1.65. The first-order valence-corrected chi connectivity index (χ1v) is 8.29. The van der Waals surface area contributed by atoms with Gasteiger partial charge in [0, 0.05) is 29.6 Å². The highest BCUT2D eigenvalue weighted by Gasteiger charge is 2.19. The van der Waals surface area contributed by atoms with E-state index in [1.54, 1.807) is 7.11 Å². The van der Waals surface area contributed by atoms with Gasteiger partial charge in [-0.25, -0.2) is 0 Å². The lowest BCUT2D eigenvalue weighted by molar-refractivity contribution is -0.118. The molecule has 1 unspecified atom stereocenters. The van der Waals surface area contributed by atoms with Crippen LogP contribution in [0.25, 0.3) is 10.9 Å². The first-order chi connectivity index (χ1) is 11.7. The standard InChI is InChI=1S/C19H19ClN2O2/c1-24-14-8-6-13(7-9-14)16(11-22-19(23)10-20)17-12-21-18-5-3-2-4-15(17)18/h2-9,12,16,21H,10-11H2,1H3,(H,22,23). The molecule has 1 amide bonds. The summed E-state index contributed by atoms with van der Waals surface area (Å²) < 4.78 is 5.23. The molecule has 0 aliphatic carbocycles. The van der Waals surface area contributed by atoms with Crippen molar-refractivity contribution in [1.82, 2.24) is 10.3 Å². The number of halogens is 1. The largest absolute Gasteiger partial charge is 0.497 e. The molecular formula is C19H19ClN2O2. The number of para-hydroxylation sites is 1. The minimum Gasteiger partial charge on any atom is -0.497 e. The Hall–Kier alpha value is -2.46. The number of aromatic nitrogens is 1. The molecule has 0 aliphatic heterocycles. The van der Waals surface area contributed by atoms with Gasteiger partial charge in [0.15, 0.2) is 0 Å². The molecule has 1 heterocycles. The number of aromatic amines is 1. The number of hydrogen-bond donors (Lipinski definition) is 2. The van der Waals surface area contributed by atoms with E-state index in [1.807, 2.05) is 48.7 Å².